The summed E-state index contributed by atoms with van der Waals surface area (Å²) in [5.41, 5.74) is 3.60. The van der Waals surface area contributed by atoms with Crippen molar-refractivity contribution in [2.45, 2.75) is 49.5 Å². The van der Waals surface area contributed by atoms with Gasteiger partial charge in [0.25, 0.3) is 5.91 Å². The number of ether oxygens (including phenoxy) is 1. The van der Waals surface area contributed by atoms with Crippen LogP contribution < -0.4 is 10.0 Å². The summed E-state index contributed by atoms with van der Waals surface area (Å²) in [6, 6.07) is 12.1. The molecule has 0 saturated carbocycles. The molecule has 0 bridgehead atoms. The summed E-state index contributed by atoms with van der Waals surface area (Å²) in [6.45, 7) is 0.917. The van der Waals surface area contributed by atoms with E-state index in [0.29, 0.717) is 12.2 Å². The number of aryl methyl sites for hydroxylation is 1. The van der Waals surface area contributed by atoms with Gasteiger partial charge in [-0.25, -0.2) is 13.1 Å². The van der Waals surface area contributed by atoms with E-state index in [9.17, 15) is 13.2 Å². The van der Waals surface area contributed by atoms with Crippen LogP contribution in [0, 0.1) is 0 Å². The average Bonchev–Trinajstić information content (AvgIpc) is 3.26. The Bertz CT molecular complexity index is 998. The molecule has 1 aliphatic heterocycles. The number of hydrogen-bond donors (Lipinski definition) is 2. The number of nitrogens with one attached hydrogen (secondary N) is 2. The van der Waals surface area contributed by atoms with Gasteiger partial charge in [0.2, 0.25) is 10.0 Å². The van der Waals surface area contributed by atoms with Crippen LogP contribution >= 0.6 is 0 Å². The number of carbonyl (C=O) groups excluding carboxylic acids is 1. The highest BCUT2D eigenvalue weighted by Gasteiger charge is 2.21. The lowest BCUT2D eigenvalue weighted by atomic mass is 9.90. The fourth-order valence-electron chi connectivity index (χ4n) is 3.99. The van der Waals surface area contributed by atoms with Gasteiger partial charge in [0.1, 0.15) is 0 Å². The summed E-state index contributed by atoms with van der Waals surface area (Å²) >= 11 is 0. The van der Waals surface area contributed by atoms with Gasteiger partial charge < -0.3 is 10.1 Å². The lowest BCUT2D eigenvalue weighted by Gasteiger charge is -2.19. The summed E-state index contributed by atoms with van der Waals surface area (Å²) in [6.07, 6.45) is 5.99. The fraction of sp³-hybridized carbons (Fsp3) is 0.409. The van der Waals surface area contributed by atoms with E-state index in [4.69, 9.17) is 4.74 Å². The lowest BCUT2D eigenvalue weighted by molar-refractivity contribution is 0.102. The number of hydrogen-bond acceptors (Lipinski definition) is 4. The predicted octanol–water partition coefficient (Wildman–Crippen LogP) is 3.28. The van der Waals surface area contributed by atoms with Crippen molar-refractivity contribution in [1.29, 1.82) is 0 Å². The average molecular weight is 415 g/mol. The molecule has 1 amide bonds. The molecule has 1 unspecified atom stereocenters. The first kappa shape index (κ1) is 20.1. The number of benzene rings is 2. The molecule has 2 aromatic carbocycles. The first-order valence-electron chi connectivity index (χ1n) is 10.2. The van der Waals surface area contributed by atoms with Gasteiger partial charge in [-0.05, 0) is 73.9 Å². The summed E-state index contributed by atoms with van der Waals surface area (Å²) in [5, 5.41) is 2.97. The molecule has 1 atom stereocenters. The maximum absolute atomic E-state index is 12.8. The van der Waals surface area contributed by atoms with Gasteiger partial charge in [-0.3, -0.25) is 4.79 Å². The molecule has 0 aromatic heterocycles. The zero-order chi connectivity index (χ0) is 20.3. The molecule has 29 heavy (non-hydrogen) atoms. The van der Waals surface area contributed by atoms with E-state index in [1.54, 1.807) is 12.1 Å². The summed E-state index contributed by atoms with van der Waals surface area (Å²) in [7, 11) is -3.70. The minimum Gasteiger partial charge on any atom is -0.377 e. The zero-order valence-corrected chi connectivity index (χ0v) is 17.1. The van der Waals surface area contributed by atoms with Crippen molar-refractivity contribution < 1.29 is 17.9 Å². The highest BCUT2D eigenvalue weighted by molar-refractivity contribution is 7.89. The standard InChI is InChI=1S/C22H26N2O4S/c25-22(24-21-12-4-7-16-6-1-2-11-20(16)21)17-8-3-10-19(14-17)29(26,27)23-15-18-9-5-13-28-18/h3-4,7-8,10,12,14,18,23H,1-2,5-6,9,11,13,15H2,(H,24,25). The highest BCUT2D eigenvalue weighted by Crippen LogP contribution is 2.28. The van der Waals surface area contributed by atoms with Crippen LogP contribution in [0.4, 0.5) is 5.69 Å². The van der Waals surface area contributed by atoms with Crippen molar-refractivity contribution in [2.75, 3.05) is 18.5 Å². The summed E-state index contributed by atoms with van der Waals surface area (Å²) < 4.78 is 33.3. The summed E-state index contributed by atoms with van der Waals surface area (Å²) in [5.74, 6) is -0.305. The number of amides is 1. The lowest BCUT2D eigenvalue weighted by Crippen LogP contribution is -2.32. The molecule has 0 spiro atoms. The van der Waals surface area contributed by atoms with E-state index in [1.165, 1.54) is 29.7 Å². The summed E-state index contributed by atoms with van der Waals surface area (Å²) in [4.78, 5) is 12.9. The maximum Gasteiger partial charge on any atom is 0.255 e. The molecule has 1 aliphatic carbocycles. The molecule has 0 radical (unpaired) electrons. The van der Waals surface area contributed by atoms with Gasteiger partial charge in [-0.2, -0.15) is 0 Å². The van der Waals surface area contributed by atoms with Crippen molar-refractivity contribution >= 4 is 21.6 Å². The Labute approximate surface area is 171 Å². The van der Waals surface area contributed by atoms with Crippen LogP contribution in [0.2, 0.25) is 0 Å². The van der Waals surface area contributed by atoms with Crippen LogP contribution in [0.1, 0.15) is 47.2 Å². The Morgan fingerprint density at radius 2 is 1.90 bits per heavy atom. The highest BCUT2D eigenvalue weighted by atomic mass is 32.2. The van der Waals surface area contributed by atoms with E-state index >= 15 is 0 Å². The van der Waals surface area contributed by atoms with Gasteiger partial charge in [0.15, 0.2) is 0 Å². The smallest absolute Gasteiger partial charge is 0.255 e. The molecule has 6 nitrogen and oxygen atoms in total. The first-order chi connectivity index (χ1) is 14.0. The van der Waals surface area contributed by atoms with E-state index in [2.05, 4.69) is 16.1 Å². The van der Waals surface area contributed by atoms with E-state index in [-0.39, 0.29) is 23.5 Å². The third kappa shape index (κ3) is 4.69. The molecule has 2 aliphatic rings. The molecule has 4 rings (SSSR count). The van der Waals surface area contributed by atoms with E-state index in [0.717, 1.165) is 37.8 Å². The quantitative estimate of drug-likeness (QED) is 0.760. The second kappa shape index (κ2) is 8.65. The van der Waals surface area contributed by atoms with Crippen LogP contribution in [-0.2, 0) is 27.6 Å². The van der Waals surface area contributed by atoms with Crippen molar-refractivity contribution in [1.82, 2.24) is 4.72 Å². The second-order valence-electron chi connectivity index (χ2n) is 7.62. The third-order valence-electron chi connectivity index (χ3n) is 5.58. The molecule has 1 saturated heterocycles. The fourth-order valence-corrected chi connectivity index (χ4v) is 5.10. The number of rotatable bonds is 6. The number of sulfonamides is 1. The van der Waals surface area contributed by atoms with Crippen LogP contribution in [0.25, 0.3) is 0 Å². The molecule has 1 fully saturated rings. The monoisotopic (exact) mass is 414 g/mol. The Morgan fingerprint density at radius 1 is 1.07 bits per heavy atom. The predicted molar refractivity (Wildman–Crippen MR) is 112 cm³/mol. The Balaban J connectivity index is 1.49. The number of anilines is 1. The van der Waals surface area contributed by atoms with Gasteiger partial charge >= 0.3 is 0 Å². The number of fused-ring (bicyclic) bond motifs is 1. The largest absolute Gasteiger partial charge is 0.377 e. The first-order valence-corrected chi connectivity index (χ1v) is 11.6. The topological polar surface area (TPSA) is 84.5 Å². The third-order valence-corrected chi connectivity index (χ3v) is 7.00. The SMILES string of the molecule is O=C(Nc1cccc2c1CCCC2)c1cccc(S(=O)(=O)NCC2CCCO2)c1. The van der Waals surface area contributed by atoms with Crippen LogP contribution in [-0.4, -0.2) is 33.6 Å². The maximum atomic E-state index is 12.8. The Hall–Kier alpha value is -2.22. The molecule has 2 aromatic rings. The van der Waals surface area contributed by atoms with Crippen molar-refractivity contribution in [3.8, 4) is 0 Å². The molecular formula is C22H26N2O4S. The normalized spacial score (nSPS) is 19.0. The second-order valence-corrected chi connectivity index (χ2v) is 9.39. The molecular weight excluding hydrogens is 388 g/mol. The van der Waals surface area contributed by atoms with Gasteiger partial charge in [0.05, 0.1) is 11.0 Å². The minimum atomic E-state index is -3.70. The van der Waals surface area contributed by atoms with Gasteiger partial charge in [-0.15, -0.1) is 0 Å². The van der Waals surface area contributed by atoms with Gasteiger partial charge in [0, 0.05) is 24.4 Å². The molecule has 154 valence electrons. The minimum absolute atomic E-state index is 0.0817. The zero-order valence-electron chi connectivity index (χ0n) is 16.3. The Morgan fingerprint density at radius 3 is 2.72 bits per heavy atom. The van der Waals surface area contributed by atoms with Crippen LogP contribution in [0.5, 0.6) is 0 Å². The van der Waals surface area contributed by atoms with Crippen LogP contribution in [0.3, 0.4) is 0 Å². The van der Waals surface area contributed by atoms with E-state index < -0.39 is 10.0 Å². The molecule has 2 N–H and O–H groups in total. The Kier molecular flexibility index (Phi) is 5.99. The van der Waals surface area contributed by atoms with Crippen LogP contribution in [0.15, 0.2) is 47.4 Å². The molecule has 7 heteroatoms. The van der Waals surface area contributed by atoms with Crippen molar-refractivity contribution in [2.24, 2.45) is 0 Å². The van der Waals surface area contributed by atoms with Gasteiger partial charge in [-0.1, -0.05) is 18.2 Å². The van der Waals surface area contributed by atoms with Crippen molar-refractivity contribution in [3.05, 3.63) is 59.2 Å². The van der Waals surface area contributed by atoms with Crippen molar-refractivity contribution in [3.63, 3.8) is 0 Å². The van der Waals surface area contributed by atoms with E-state index in [1.807, 2.05) is 12.1 Å². The number of carbonyl (C=O) groups is 1. The molecule has 1 heterocycles.